The minimum atomic E-state index is -0.380. The Balaban J connectivity index is 1.23. The Morgan fingerprint density at radius 2 is 1.75 bits per heavy atom. The normalized spacial score (nSPS) is 14.5. The Bertz CT molecular complexity index is 1100. The highest BCUT2D eigenvalue weighted by Gasteiger charge is 2.21. The molecule has 0 N–H and O–H groups in total. The number of carbonyl (C=O) groups excluding carboxylic acids is 1. The first-order chi connectivity index (χ1) is 15.6. The zero-order valence-electron chi connectivity index (χ0n) is 18.3. The lowest BCUT2D eigenvalue weighted by Crippen LogP contribution is -2.50. The zero-order chi connectivity index (χ0) is 22.3. The number of ether oxygens (including phenoxy) is 2. The molecular weight excluding hydrogens is 408 g/mol. The van der Waals surface area contributed by atoms with Gasteiger partial charge in [-0.25, -0.2) is 4.79 Å². The van der Waals surface area contributed by atoms with Crippen LogP contribution in [-0.2, 0) is 11.2 Å². The van der Waals surface area contributed by atoms with E-state index in [2.05, 4.69) is 4.90 Å². The molecule has 1 aliphatic rings. The number of fused-ring (bicyclic) bond motifs is 1. The molecule has 1 aromatic heterocycles. The van der Waals surface area contributed by atoms with E-state index in [0.717, 1.165) is 42.8 Å². The average Bonchev–Trinajstić information content (AvgIpc) is 2.82. The Kier molecular flexibility index (Phi) is 7.07. The largest absolute Gasteiger partial charge is 0.492 e. The molecule has 7 nitrogen and oxygen atoms in total. The summed E-state index contributed by atoms with van der Waals surface area (Å²) in [7, 11) is 0. The van der Waals surface area contributed by atoms with Crippen molar-refractivity contribution in [3.05, 3.63) is 70.6 Å². The topological polar surface area (TPSA) is 72.2 Å². The summed E-state index contributed by atoms with van der Waals surface area (Å²) >= 11 is 0. The Hall–Kier alpha value is -3.32. The van der Waals surface area contributed by atoms with Crippen LogP contribution in [0, 0.1) is 0 Å². The molecular formula is C25H28N2O5. The molecule has 0 bridgehead atoms. The van der Waals surface area contributed by atoms with Gasteiger partial charge in [-0.3, -0.25) is 9.69 Å². The summed E-state index contributed by atoms with van der Waals surface area (Å²) in [6, 6.07) is 16.6. The molecule has 0 unspecified atom stereocenters. The Labute approximate surface area is 187 Å². The lowest BCUT2D eigenvalue weighted by Gasteiger charge is -2.34. The third-order valence-electron chi connectivity index (χ3n) is 5.69. The number of hydrogen-bond acceptors (Lipinski definition) is 6. The number of piperazine rings is 1. The van der Waals surface area contributed by atoms with Crippen molar-refractivity contribution < 1.29 is 18.7 Å². The molecule has 0 spiro atoms. The molecule has 1 fully saturated rings. The molecule has 1 saturated heterocycles. The second-order valence-electron chi connectivity index (χ2n) is 7.77. The SMILES string of the molecule is CCc1cc(=O)oc2cc(OCC(=O)N3CCN(CCOc4ccccc4)CC3)ccc12. The van der Waals surface area contributed by atoms with Crippen LogP contribution in [0.1, 0.15) is 12.5 Å². The number of aryl methyl sites for hydroxylation is 1. The molecule has 4 rings (SSSR count). The van der Waals surface area contributed by atoms with E-state index in [-0.39, 0.29) is 18.1 Å². The summed E-state index contributed by atoms with van der Waals surface area (Å²) < 4.78 is 16.7. The molecule has 2 aromatic carbocycles. The van der Waals surface area contributed by atoms with Gasteiger partial charge in [0.15, 0.2) is 6.61 Å². The summed E-state index contributed by atoms with van der Waals surface area (Å²) in [4.78, 5) is 28.4. The van der Waals surface area contributed by atoms with Gasteiger partial charge in [0.2, 0.25) is 0 Å². The summed E-state index contributed by atoms with van der Waals surface area (Å²) in [6.45, 7) is 6.36. The van der Waals surface area contributed by atoms with E-state index >= 15 is 0 Å². The molecule has 1 aliphatic heterocycles. The van der Waals surface area contributed by atoms with Crippen molar-refractivity contribution in [1.29, 1.82) is 0 Å². The van der Waals surface area contributed by atoms with Crippen LogP contribution in [0.4, 0.5) is 0 Å². The van der Waals surface area contributed by atoms with Crippen molar-refractivity contribution in [2.75, 3.05) is 45.9 Å². The van der Waals surface area contributed by atoms with E-state index in [1.165, 1.54) is 6.07 Å². The fraction of sp³-hybridized carbons (Fsp3) is 0.360. The first kappa shape index (κ1) is 21.9. The standard InChI is InChI=1S/C25H28N2O5/c1-2-19-16-25(29)32-23-17-21(8-9-22(19)23)31-18-24(28)27-12-10-26(11-13-27)14-15-30-20-6-4-3-5-7-20/h3-9,16-17H,2,10-15,18H2,1H3. The average molecular weight is 437 g/mol. The predicted octanol–water partition coefficient (Wildman–Crippen LogP) is 2.96. The van der Waals surface area contributed by atoms with Gasteiger partial charge in [-0.1, -0.05) is 25.1 Å². The van der Waals surface area contributed by atoms with Crippen LogP contribution in [0.3, 0.4) is 0 Å². The van der Waals surface area contributed by atoms with Gasteiger partial charge >= 0.3 is 5.63 Å². The molecule has 32 heavy (non-hydrogen) atoms. The molecule has 0 atom stereocenters. The van der Waals surface area contributed by atoms with E-state index in [0.29, 0.717) is 31.0 Å². The van der Waals surface area contributed by atoms with Gasteiger partial charge in [0.05, 0.1) is 0 Å². The summed E-state index contributed by atoms with van der Waals surface area (Å²) in [6.07, 6.45) is 0.741. The van der Waals surface area contributed by atoms with Crippen molar-refractivity contribution in [2.24, 2.45) is 0 Å². The van der Waals surface area contributed by atoms with Gasteiger partial charge in [-0.2, -0.15) is 0 Å². The minimum Gasteiger partial charge on any atom is -0.492 e. The van der Waals surface area contributed by atoms with Crippen molar-refractivity contribution in [1.82, 2.24) is 9.80 Å². The quantitative estimate of drug-likeness (QED) is 0.506. The maximum absolute atomic E-state index is 12.6. The number of carbonyl (C=O) groups is 1. The van der Waals surface area contributed by atoms with E-state index in [4.69, 9.17) is 13.9 Å². The number of para-hydroxylation sites is 1. The van der Waals surface area contributed by atoms with Crippen molar-refractivity contribution in [3.8, 4) is 11.5 Å². The Morgan fingerprint density at radius 1 is 0.969 bits per heavy atom. The molecule has 0 saturated carbocycles. The van der Waals surface area contributed by atoms with Gasteiger partial charge < -0.3 is 18.8 Å². The fourth-order valence-electron chi connectivity index (χ4n) is 3.86. The van der Waals surface area contributed by atoms with E-state index in [1.54, 1.807) is 12.1 Å². The second-order valence-corrected chi connectivity index (χ2v) is 7.77. The van der Waals surface area contributed by atoms with Crippen LogP contribution in [0.2, 0.25) is 0 Å². The van der Waals surface area contributed by atoms with Crippen molar-refractivity contribution >= 4 is 16.9 Å². The maximum Gasteiger partial charge on any atom is 0.336 e. The van der Waals surface area contributed by atoms with Gasteiger partial charge in [-0.05, 0) is 36.2 Å². The second kappa shape index (κ2) is 10.3. The van der Waals surface area contributed by atoms with Gasteiger partial charge in [0.1, 0.15) is 23.7 Å². The number of amides is 1. The highest BCUT2D eigenvalue weighted by molar-refractivity contribution is 5.82. The number of hydrogen-bond donors (Lipinski definition) is 0. The first-order valence-corrected chi connectivity index (χ1v) is 11.0. The number of nitrogens with zero attached hydrogens (tertiary/aromatic N) is 2. The van der Waals surface area contributed by atoms with Crippen molar-refractivity contribution in [2.45, 2.75) is 13.3 Å². The lowest BCUT2D eigenvalue weighted by molar-refractivity contribution is -0.135. The first-order valence-electron chi connectivity index (χ1n) is 11.0. The molecule has 1 amide bonds. The summed E-state index contributed by atoms with van der Waals surface area (Å²) in [5, 5.41) is 0.887. The van der Waals surface area contributed by atoms with Crippen LogP contribution in [0.15, 0.2) is 63.8 Å². The van der Waals surface area contributed by atoms with Gasteiger partial charge in [0, 0.05) is 50.2 Å². The van der Waals surface area contributed by atoms with Crippen LogP contribution in [0.25, 0.3) is 11.0 Å². The van der Waals surface area contributed by atoms with Gasteiger partial charge in [0.25, 0.3) is 5.91 Å². The van der Waals surface area contributed by atoms with E-state index in [9.17, 15) is 9.59 Å². The van der Waals surface area contributed by atoms with E-state index in [1.807, 2.05) is 48.2 Å². The molecule has 0 aliphatic carbocycles. The monoisotopic (exact) mass is 436 g/mol. The third kappa shape index (κ3) is 5.48. The highest BCUT2D eigenvalue weighted by Crippen LogP contribution is 2.23. The number of benzene rings is 2. The molecule has 7 heteroatoms. The zero-order valence-corrected chi connectivity index (χ0v) is 18.3. The van der Waals surface area contributed by atoms with Crippen molar-refractivity contribution in [3.63, 3.8) is 0 Å². The highest BCUT2D eigenvalue weighted by atomic mass is 16.5. The smallest absolute Gasteiger partial charge is 0.336 e. The lowest BCUT2D eigenvalue weighted by atomic mass is 10.1. The maximum atomic E-state index is 12.6. The fourth-order valence-corrected chi connectivity index (χ4v) is 3.86. The van der Waals surface area contributed by atoms with Crippen LogP contribution in [-0.4, -0.2) is 61.6 Å². The minimum absolute atomic E-state index is 0.0413. The van der Waals surface area contributed by atoms with Crippen LogP contribution in [0.5, 0.6) is 11.5 Å². The Morgan fingerprint density at radius 3 is 2.50 bits per heavy atom. The molecule has 0 radical (unpaired) electrons. The molecule has 2 heterocycles. The number of rotatable bonds is 8. The van der Waals surface area contributed by atoms with Gasteiger partial charge in [-0.15, -0.1) is 0 Å². The van der Waals surface area contributed by atoms with Crippen LogP contribution < -0.4 is 15.1 Å². The molecule has 168 valence electrons. The summed E-state index contributed by atoms with van der Waals surface area (Å²) in [5.74, 6) is 1.34. The summed E-state index contributed by atoms with van der Waals surface area (Å²) in [5.41, 5.74) is 1.03. The predicted molar refractivity (Wildman–Crippen MR) is 122 cm³/mol. The van der Waals surface area contributed by atoms with Crippen LogP contribution >= 0.6 is 0 Å². The third-order valence-corrected chi connectivity index (χ3v) is 5.69. The van der Waals surface area contributed by atoms with E-state index < -0.39 is 0 Å². The molecule has 3 aromatic rings.